The van der Waals surface area contributed by atoms with Gasteiger partial charge in [-0.3, -0.25) is 9.69 Å². The molecule has 1 aromatic heterocycles. The second-order valence-electron chi connectivity index (χ2n) is 7.24. The summed E-state index contributed by atoms with van der Waals surface area (Å²) in [4.78, 5) is 19.0. The number of likely N-dealkylation sites (tertiary alicyclic amines) is 1. The second-order valence-corrected chi connectivity index (χ2v) is 8.17. The molecule has 2 heterocycles. The zero-order valence-corrected chi connectivity index (χ0v) is 16.1. The van der Waals surface area contributed by atoms with Gasteiger partial charge >= 0.3 is 0 Å². The van der Waals surface area contributed by atoms with Crippen molar-refractivity contribution in [3.05, 3.63) is 52.2 Å². The Labute approximate surface area is 158 Å². The topological polar surface area (TPSA) is 45.2 Å². The van der Waals surface area contributed by atoms with E-state index in [1.165, 1.54) is 6.07 Å². The van der Waals surface area contributed by atoms with E-state index < -0.39 is 0 Å². The highest BCUT2D eigenvalue weighted by molar-refractivity contribution is 7.09. The molecular weight excluding hydrogens is 349 g/mol. The van der Waals surface area contributed by atoms with Gasteiger partial charge in [0.15, 0.2) is 0 Å². The van der Waals surface area contributed by atoms with Crippen LogP contribution in [-0.4, -0.2) is 28.9 Å². The van der Waals surface area contributed by atoms with Gasteiger partial charge in [0.1, 0.15) is 10.8 Å². The number of piperidine rings is 1. The summed E-state index contributed by atoms with van der Waals surface area (Å²) in [5.41, 5.74) is 0.727. The largest absolute Gasteiger partial charge is 0.346 e. The minimum absolute atomic E-state index is 0.0522. The third-order valence-corrected chi connectivity index (χ3v) is 5.76. The Hall–Kier alpha value is -1.79. The van der Waals surface area contributed by atoms with E-state index in [0.29, 0.717) is 6.54 Å². The highest BCUT2D eigenvalue weighted by Crippen LogP contribution is 2.32. The molecule has 1 fully saturated rings. The van der Waals surface area contributed by atoms with Crippen molar-refractivity contribution in [3.63, 3.8) is 0 Å². The van der Waals surface area contributed by atoms with E-state index in [-0.39, 0.29) is 29.6 Å². The van der Waals surface area contributed by atoms with Gasteiger partial charge in [0.2, 0.25) is 5.91 Å². The first-order valence-electron chi connectivity index (χ1n) is 9.20. The van der Waals surface area contributed by atoms with Crippen LogP contribution >= 0.6 is 11.3 Å². The molecule has 26 heavy (non-hydrogen) atoms. The Morgan fingerprint density at radius 3 is 2.92 bits per heavy atom. The van der Waals surface area contributed by atoms with Crippen LogP contribution in [0.25, 0.3) is 0 Å². The van der Waals surface area contributed by atoms with Gasteiger partial charge in [-0.05, 0) is 31.4 Å². The van der Waals surface area contributed by atoms with Crippen molar-refractivity contribution in [1.82, 2.24) is 15.2 Å². The smallest absolute Gasteiger partial charge is 0.223 e. The molecule has 1 aliphatic heterocycles. The number of aromatic nitrogens is 1. The Balaban J connectivity index is 1.72. The van der Waals surface area contributed by atoms with Gasteiger partial charge in [0.25, 0.3) is 0 Å². The van der Waals surface area contributed by atoms with Crippen LogP contribution in [0.3, 0.4) is 0 Å². The summed E-state index contributed by atoms with van der Waals surface area (Å²) < 4.78 is 14.0. The summed E-state index contributed by atoms with van der Waals surface area (Å²) >= 11 is 1.58. The second kappa shape index (κ2) is 8.73. The normalized spacial score (nSPS) is 19.5. The van der Waals surface area contributed by atoms with Crippen molar-refractivity contribution in [3.8, 4) is 0 Å². The van der Waals surface area contributed by atoms with Crippen LogP contribution in [-0.2, 0) is 11.3 Å². The molecule has 1 saturated heterocycles. The summed E-state index contributed by atoms with van der Waals surface area (Å²) in [6.45, 7) is 6.19. The maximum absolute atomic E-state index is 14.0. The maximum atomic E-state index is 14.0. The predicted molar refractivity (Wildman–Crippen MR) is 102 cm³/mol. The van der Waals surface area contributed by atoms with Gasteiger partial charge in [-0.2, -0.15) is 0 Å². The Morgan fingerprint density at radius 2 is 2.23 bits per heavy atom. The average Bonchev–Trinajstić information content (AvgIpc) is 3.16. The summed E-state index contributed by atoms with van der Waals surface area (Å²) in [5, 5.41) is 6.10. The van der Waals surface area contributed by atoms with E-state index in [1.807, 2.05) is 31.4 Å². The molecule has 0 aliphatic carbocycles. The van der Waals surface area contributed by atoms with Gasteiger partial charge < -0.3 is 5.32 Å². The fourth-order valence-electron chi connectivity index (χ4n) is 3.46. The lowest BCUT2D eigenvalue weighted by Crippen LogP contribution is -2.43. The number of carbonyl (C=O) groups excluding carboxylic acids is 1. The molecule has 0 bridgehead atoms. The molecule has 1 aromatic carbocycles. The lowest BCUT2D eigenvalue weighted by Gasteiger charge is -2.37. The minimum Gasteiger partial charge on any atom is -0.346 e. The number of nitrogens with one attached hydrogen (secondary N) is 1. The summed E-state index contributed by atoms with van der Waals surface area (Å²) in [5.74, 6) is 0.121. The van der Waals surface area contributed by atoms with E-state index in [4.69, 9.17) is 0 Å². The Kier molecular flexibility index (Phi) is 6.38. The molecule has 2 aromatic rings. The maximum Gasteiger partial charge on any atom is 0.223 e. The van der Waals surface area contributed by atoms with E-state index in [0.717, 1.165) is 36.5 Å². The van der Waals surface area contributed by atoms with E-state index in [2.05, 4.69) is 15.2 Å². The lowest BCUT2D eigenvalue weighted by molar-refractivity contribution is -0.125. The Bertz CT molecular complexity index is 720. The van der Waals surface area contributed by atoms with Crippen molar-refractivity contribution >= 4 is 17.2 Å². The van der Waals surface area contributed by atoms with Crippen LogP contribution in [0.2, 0.25) is 0 Å². The van der Waals surface area contributed by atoms with E-state index >= 15 is 0 Å². The van der Waals surface area contributed by atoms with E-state index in [1.54, 1.807) is 23.6 Å². The fraction of sp³-hybridized carbons (Fsp3) is 0.500. The van der Waals surface area contributed by atoms with Gasteiger partial charge in [0.05, 0.1) is 6.04 Å². The number of rotatable bonds is 6. The minimum atomic E-state index is -0.154. The van der Waals surface area contributed by atoms with Crippen LogP contribution in [0.5, 0.6) is 0 Å². The van der Waals surface area contributed by atoms with Gasteiger partial charge in [-0.15, -0.1) is 11.3 Å². The highest BCUT2D eigenvalue weighted by atomic mass is 32.1. The number of amides is 1. The first-order chi connectivity index (χ1) is 12.5. The number of hydrogen-bond acceptors (Lipinski definition) is 4. The molecule has 0 saturated carbocycles. The molecule has 6 heteroatoms. The number of halogens is 1. The molecule has 4 nitrogen and oxygen atoms in total. The zero-order chi connectivity index (χ0) is 18.5. The van der Waals surface area contributed by atoms with Crippen LogP contribution in [0.1, 0.15) is 43.3 Å². The number of carbonyl (C=O) groups is 1. The molecule has 0 spiro atoms. The van der Waals surface area contributed by atoms with Gasteiger partial charge in [-0.25, -0.2) is 9.37 Å². The first kappa shape index (κ1) is 19.0. The molecule has 140 valence electrons. The van der Waals surface area contributed by atoms with Crippen molar-refractivity contribution in [2.45, 2.75) is 39.3 Å². The van der Waals surface area contributed by atoms with Crippen LogP contribution in [0.15, 0.2) is 35.8 Å². The standard InChI is InChI=1S/C20H26FN3OS/c1-14(2)19(25)23-18(20-22-9-11-26-20)16-7-5-10-24(13-16)12-15-6-3-4-8-17(15)21/h3-4,6,8-9,11,14,16,18H,5,7,10,12-13H2,1-2H3,(H,23,25)/t16-,18-/m0/s1. The average molecular weight is 376 g/mol. The fourth-order valence-corrected chi connectivity index (χ4v) is 4.24. The number of benzene rings is 1. The predicted octanol–water partition coefficient (Wildman–Crippen LogP) is 4.01. The number of nitrogens with zero attached hydrogens (tertiary/aromatic N) is 2. The Morgan fingerprint density at radius 1 is 1.42 bits per heavy atom. The zero-order valence-electron chi connectivity index (χ0n) is 15.3. The van der Waals surface area contributed by atoms with Crippen LogP contribution < -0.4 is 5.32 Å². The molecule has 0 radical (unpaired) electrons. The van der Waals surface area contributed by atoms with Gasteiger partial charge in [0, 0.05) is 36.1 Å². The van der Waals surface area contributed by atoms with Gasteiger partial charge in [-0.1, -0.05) is 32.0 Å². The first-order valence-corrected chi connectivity index (χ1v) is 10.1. The van der Waals surface area contributed by atoms with Crippen LogP contribution in [0.4, 0.5) is 4.39 Å². The molecule has 1 N–H and O–H groups in total. The molecule has 1 amide bonds. The van der Waals surface area contributed by atoms with E-state index in [9.17, 15) is 9.18 Å². The summed E-state index contributed by atoms with van der Waals surface area (Å²) in [6, 6.07) is 6.88. The number of thiazole rings is 1. The molecule has 2 atom stereocenters. The van der Waals surface area contributed by atoms with Crippen molar-refractivity contribution in [2.24, 2.45) is 11.8 Å². The SMILES string of the molecule is CC(C)C(=O)N[C@H](c1nccs1)[C@H]1CCCN(Cc2ccccc2F)C1. The van der Waals surface area contributed by atoms with Crippen LogP contribution in [0, 0.1) is 17.7 Å². The molecule has 3 rings (SSSR count). The number of hydrogen-bond donors (Lipinski definition) is 1. The quantitative estimate of drug-likeness (QED) is 0.830. The third kappa shape index (κ3) is 4.68. The molecule has 1 aliphatic rings. The van der Waals surface area contributed by atoms with Crippen molar-refractivity contribution in [1.29, 1.82) is 0 Å². The van der Waals surface area contributed by atoms with Crippen molar-refractivity contribution in [2.75, 3.05) is 13.1 Å². The highest BCUT2D eigenvalue weighted by Gasteiger charge is 2.31. The molecular formula is C20H26FN3OS. The van der Waals surface area contributed by atoms with Crippen molar-refractivity contribution < 1.29 is 9.18 Å². The lowest BCUT2D eigenvalue weighted by atomic mass is 9.90. The summed E-state index contributed by atoms with van der Waals surface area (Å²) in [6.07, 6.45) is 3.86. The summed E-state index contributed by atoms with van der Waals surface area (Å²) in [7, 11) is 0. The molecule has 0 unspecified atom stereocenters. The third-order valence-electron chi connectivity index (χ3n) is 4.90. The monoisotopic (exact) mass is 375 g/mol.